The minimum atomic E-state index is 0.118. The van der Waals surface area contributed by atoms with Crippen LogP contribution in [-0.4, -0.2) is 19.5 Å². The van der Waals surface area contributed by atoms with Gasteiger partial charge in [0.05, 0.1) is 18.2 Å². The predicted octanol–water partition coefficient (Wildman–Crippen LogP) is 3.05. The number of nitrogens with zero attached hydrogens (tertiary/aromatic N) is 4. The van der Waals surface area contributed by atoms with Crippen LogP contribution in [0.4, 0.5) is 11.8 Å². The highest BCUT2D eigenvalue weighted by Crippen LogP contribution is 2.35. The van der Waals surface area contributed by atoms with Gasteiger partial charge in [0, 0.05) is 18.5 Å². The van der Waals surface area contributed by atoms with E-state index in [9.17, 15) is 0 Å². The molecule has 2 aromatic heterocycles. The molecule has 0 aliphatic rings. The minimum absolute atomic E-state index is 0.118. The first-order valence-corrected chi connectivity index (χ1v) is 7.64. The second-order valence-electron chi connectivity index (χ2n) is 5.88. The molecule has 0 unspecified atom stereocenters. The molecule has 124 valence electrons. The van der Waals surface area contributed by atoms with Gasteiger partial charge in [-0.15, -0.1) is 0 Å². The molecule has 2 heterocycles. The lowest BCUT2D eigenvalue weighted by Gasteiger charge is -2.18. The fraction of sp³-hybridized carbons (Fsp3) is 0.235. The van der Waals surface area contributed by atoms with E-state index in [0.29, 0.717) is 11.5 Å². The molecule has 24 heavy (non-hydrogen) atoms. The number of anilines is 2. The fourth-order valence-corrected chi connectivity index (χ4v) is 2.51. The van der Waals surface area contributed by atoms with Crippen molar-refractivity contribution in [3.8, 4) is 17.2 Å². The molecule has 0 radical (unpaired) electrons. The van der Waals surface area contributed by atoms with Crippen molar-refractivity contribution in [1.82, 2.24) is 19.5 Å². The van der Waals surface area contributed by atoms with Gasteiger partial charge in [-0.1, -0.05) is 19.9 Å². The summed E-state index contributed by atoms with van der Waals surface area (Å²) >= 11 is 0. The van der Waals surface area contributed by atoms with Crippen LogP contribution in [0.5, 0.6) is 11.5 Å². The van der Waals surface area contributed by atoms with E-state index in [1.807, 2.05) is 16.8 Å². The molecule has 1 aromatic carbocycles. The number of nitrogens with two attached hydrogens (primary N) is 2. The summed E-state index contributed by atoms with van der Waals surface area (Å²) in [6.45, 7) is 6.29. The van der Waals surface area contributed by atoms with Gasteiger partial charge in [0.1, 0.15) is 5.75 Å². The van der Waals surface area contributed by atoms with Crippen LogP contribution >= 0.6 is 0 Å². The number of hydrogen-bond donors (Lipinski definition) is 2. The van der Waals surface area contributed by atoms with Gasteiger partial charge >= 0.3 is 0 Å². The summed E-state index contributed by atoms with van der Waals surface area (Å²) in [5.74, 6) is 1.70. The average molecular weight is 324 g/mol. The van der Waals surface area contributed by atoms with Crippen LogP contribution in [0.2, 0.25) is 0 Å². The van der Waals surface area contributed by atoms with E-state index < -0.39 is 0 Å². The third-order valence-corrected chi connectivity index (χ3v) is 3.75. The zero-order chi connectivity index (χ0) is 17.3. The monoisotopic (exact) mass is 324 g/mol. The Morgan fingerprint density at radius 3 is 2.58 bits per heavy atom. The Bertz CT molecular complexity index is 858. The zero-order valence-corrected chi connectivity index (χ0v) is 13.9. The molecule has 0 saturated heterocycles. The zero-order valence-electron chi connectivity index (χ0n) is 13.9. The molecule has 0 aliphatic carbocycles. The van der Waals surface area contributed by atoms with E-state index in [4.69, 9.17) is 16.2 Å². The van der Waals surface area contributed by atoms with Gasteiger partial charge in [0.25, 0.3) is 0 Å². The fourth-order valence-electron chi connectivity index (χ4n) is 2.51. The molecule has 7 heteroatoms. The van der Waals surface area contributed by atoms with Gasteiger partial charge in [0.15, 0.2) is 11.6 Å². The van der Waals surface area contributed by atoms with Crippen molar-refractivity contribution in [3.05, 3.63) is 48.2 Å². The highest BCUT2D eigenvalue weighted by Gasteiger charge is 2.15. The number of ether oxygens (including phenoxy) is 1. The number of benzene rings is 1. The molecule has 0 bridgehead atoms. The molecule has 3 aromatic rings. The molecular formula is C17H20N6O. The molecule has 3 rings (SSSR count). The quantitative estimate of drug-likeness (QED) is 0.764. The van der Waals surface area contributed by atoms with E-state index in [1.165, 1.54) is 6.20 Å². The Morgan fingerprint density at radius 1 is 1.17 bits per heavy atom. The Balaban J connectivity index is 2.09. The number of nitrogen functional groups attached to an aromatic ring is 2. The third-order valence-electron chi connectivity index (χ3n) is 3.75. The van der Waals surface area contributed by atoms with Crippen LogP contribution < -0.4 is 16.2 Å². The van der Waals surface area contributed by atoms with Crippen LogP contribution in [-0.2, 0) is 0 Å². The molecule has 0 aliphatic heterocycles. The van der Waals surface area contributed by atoms with Gasteiger partial charge < -0.3 is 20.8 Å². The summed E-state index contributed by atoms with van der Waals surface area (Å²) in [4.78, 5) is 12.0. The molecule has 0 amide bonds. The summed E-state index contributed by atoms with van der Waals surface area (Å²) in [7, 11) is 0. The van der Waals surface area contributed by atoms with Crippen LogP contribution in [0.1, 0.15) is 30.9 Å². The van der Waals surface area contributed by atoms with E-state index in [-0.39, 0.29) is 17.7 Å². The first-order valence-electron chi connectivity index (χ1n) is 7.64. The maximum absolute atomic E-state index is 6.01. The van der Waals surface area contributed by atoms with E-state index >= 15 is 0 Å². The minimum Gasteiger partial charge on any atom is -0.451 e. The number of hydrogen-bond acceptors (Lipinski definition) is 6. The normalized spacial score (nSPS) is 11.0. The summed E-state index contributed by atoms with van der Waals surface area (Å²) in [5, 5.41) is 0. The van der Waals surface area contributed by atoms with E-state index in [2.05, 4.69) is 41.8 Å². The van der Waals surface area contributed by atoms with E-state index in [1.54, 1.807) is 12.5 Å². The third kappa shape index (κ3) is 3.01. The van der Waals surface area contributed by atoms with Crippen molar-refractivity contribution in [2.45, 2.75) is 26.7 Å². The molecule has 0 spiro atoms. The highest BCUT2D eigenvalue weighted by atomic mass is 16.5. The number of aryl methyl sites for hydroxylation is 1. The van der Waals surface area contributed by atoms with Gasteiger partial charge in [0.2, 0.25) is 5.95 Å². The van der Waals surface area contributed by atoms with Crippen LogP contribution in [0, 0.1) is 6.92 Å². The first kappa shape index (κ1) is 15.8. The Labute approximate surface area is 140 Å². The number of rotatable bonds is 4. The van der Waals surface area contributed by atoms with Crippen LogP contribution in [0.25, 0.3) is 5.69 Å². The predicted molar refractivity (Wildman–Crippen MR) is 93.3 cm³/mol. The lowest BCUT2D eigenvalue weighted by atomic mass is 9.98. The maximum atomic E-state index is 6.01. The number of aromatic nitrogens is 4. The van der Waals surface area contributed by atoms with Crippen molar-refractivity contribution in [2.24, 2.45) is 0 Å². The van der Waals surface area contributed by atoms with Crippen LogP contribution in [0.3, 0.4) is 0 Å². The smallest absolute Gasteiger partial charge is 0.222 e. The summed E-state index contributed by atoms with van der Waals surface area (Å²) in [6.07, 6.45) is 6.87. The lowest BCUT2D eigenvalue weighted by Crippen LogP contribution is -2.04. The Hall–Kier alpha value is -3.09. The molecule has 0 fully saturated rings. The number of imidazole rings is 1. The largest absolute Gasteiger partial charge is 0.451 e. The molecule has 4 N–H and O–H groups in total. The van der Waals surface area contributed by atoms with Gasteiger partial charge in [-0.05, 0) is 24.0 Å². The van der Waals surface area contributed by atoms with Crippen molar-refractivity contribution in [1.29, 1.82) is 0 Å². The van der Waals surface area contributed by atoms with Crippen molar-refractivity contribution in [3.63, 3.8) is 0 Å². The van der Waals surface area contributed by atoms with Crippen molar-refractivity contribution < 1.29 is 4.74 Å². The standard InChI is InChI=1S/C17H20N6O/c1-10(2)12-6-11(3)13(23-5-4-20-9-23)7-14(12)24-15-8-21-17(19)22-16(15)18/h4-10H,1-3H3,(H4,18,19,21,22). The van der Waals surface area contributed by atoms with Crippen molar-refractivity contribution in [2.75, 3.05) is 11.5 Å². The molecule has 0 saturated carbocycles. The second kappa shape index (κ2) is 6.19. The second-order valence-corrected chi connectivity index (χ2v) is 5.88. The Kier molecular flexibility index (Phi) is 4.07. The summed E-state index contributed by atoms with van der Waals surface area (Å²) in [5.41, 5.74) is 14.6. The van der Waals surface area contributed by atoms with Crippen LogP contribution in [0.15, 0.2) is 37.1 Å². The maximum Gasteiger partial charge on any atom is 0.222 e. The van der Waals surface area contributed by atoms with Gasteiger partial charge in [-0.3, -0.25) is 0 Å². The summed E-state index contributed by atoms with van der Waals surface area (Å²) < 4.78 is 7.95. The SMILES string of the molecule is Cc1cc(C(C)C)c(Oc2cnc(N)nc2N)cc1-n1ccnc1. The molecule has 7 nitrogen and oxygen atoms in total. The topological polar surface area (TPSA) is 105 Å². The summed E-state index contributed by atoms with van der Waals surface area (Å²) in [6, 6.07) is 4.09. The first-order chi connectivity index (χ1) is 11.5. The van der Waals surface area contributed by atoms with E-state index in [0.717, 1.165) is 16.8 Å². The molecular weight excluding hydrogens is 304 g/mol. The highest BCUT2D eigenvalue weighted by molar-refractivity contribution is 5.55. The Morgan fingerprint density at radius 2 is 1.96 bits per heavy atom. The molecule has 0 atom stereocenters. The van der Waals surface area contributed by atoms with Crippen molar-refractivity contribution >= 4 is 11.8 Å². The van der Waals surface area contributed by atoms with Gasteiger partial charge in [-0.25, -0.2) is 9.97 Å². The lowest BCUT2D eigenvalue weighted by molar-refractivity contribution is 0.471. The average Bonchev–Trinajstić information content (AvgIpc) is 3.05. The van der Waals surface area contributed by atoms with Gasteiger partial charge in [-0.2, -0.15) is 4.98 Å².